The van der Waals surface area contributed by atoms with E-state index < -0.39 is 5.91 Å². The van der Waals surface area contributed by atoms with Gasteiger partial charge in [0.2, 0.25) is 0 Å². The number of fused-ring (bicyclic) bond motifs is 1. The lowest BCUT2D eigenvalue weighted by atomic mass is 9.87. The number of benzene rings is 3. The first kappa shape index (κ1) is 19.7. The molecule has 3 N–H and O–H groups in total. The molecular formula is C24H23N3O3. The molecule has 0 atom stereocenters. The van der Waals surface area contributed by atoms with Gasteiger partial charge in [0.15, 0.2) is 0 Å². The van der Waals surface area contributed by atoms with Crippen LogP contribution in [0.5, 0.6) is 11.5 Å². The maximum Gasteiger partial charge on any atom is 0.274 e. The summed E-state index contributed by atoms with van der Waals surface area (Å²) >= 11 is 0. The summed E-state index contributed by atoms with van der Waals surface area (Å²) in [5.41, 5.74) is 5.62. The van der Waals surface area contributed by atoms with Gasteiger partial charge in [0.1, 0.15) is 17.3 Å². The zero-order valence-corrected chi connectivity index (χ0v) is 17.1. The second-order valence-corrected chi connectivity index (χ2v) is 8.16. The highest BCUT2D eigenvalue weighted by Crippen LogP contribution is 2.29. The number of hydrogen-bond donors (Lipinski definition) is 3. The van der Waals surface area contributed by atoms with Crippen LogP contribution in [0.1, 0.15) is 36.7 Å². The minimum atomic E-state index is -0.569. The Morgan fingerprint density at radius 2 is 1.77 bits per heavy atom. The quantitative estimate of drug-likeness (QED) is 0.314. The van der Waals surface area contributed by atoms with Crippen molar-refractivity contribution in [3.05, 3.63) is 77.9 Å². The third-order valence-electron chi connectivity index (χ3n) is 4.91. The SMILES string of the molecule is CC(C)(C)c1ccc(Oc2cccc(-c3nc4ccc(C(=O)NO)cc4[nH]3)c2)cc1. The molecule has 152 valence electrons. The van der Waals surface area contributed by atoms with Gasteiger partial charge in [-0.05, 0) is 53.4 Å². The van der Waals surface area contributed by atoms with E-state index in [2.05, 4.69) is 42.9 Å². The van der Waals surface area contributed by atoms with Gasteiger partial charge in [-0.3, -0.25) is 10.0 Å². The fourth-order valence-electron chi connectivity index (χ4n) is 3.22. The molecule has 0 saturated carbocycles. The second kappa shape index (κ2) is 7.65. The van der Waals surface area contributed by atoms with E-state index in [-0.39, 0.29) is 5.41 Å². The number of imidazole rings is 1. The third kappa shape index (κ3) is 4.04. The van der Waals surface area contributed by atoms with Gasteiger partial charge in [0.25, 0.3) is 5.91 Å². The van der Waals surface area contributed by atoms with Crippen LogP contribution in [-0.4, -0.2) is 21.1 Å². The van der Waals surface area contributed by atoms with Gasteiger partial charge < -0.3 is 9.72 Å². The highest BCUT2D eigenvalue weighted by atomic mass is 16.5. The predicted molar refractivity (Wildman–Crippen MR) is 116 cm³/mol. The molecule has 1 amide bonds. The largest absolute Gasteiger partial charge is 0.457 e. The fourth-order valence-corrected chi connectivity index (χ4v) is 3.22. The molecule has 1 heterocycles. The molecule has 0 aliphatic rings. The van der Waals surface area contributed by atoms with Gasteiger partial charge in [-0.1, -0.05) is 45.0 Å². The van der Waals surface area contributed by atoms with E-state index in [0.717, 1.165) is 16.8 Å². The molecular weight excluding hydrogens is 378 g/mol. The normalized spacial score (nSPS) is 11.5. The predicted octanol–water partition coefficient (Wildman–Crippen LogP) is 5.44. The Balaban J connectivity index is 1.59. The lowest BCUT2D eigenvalue weighted by molar-refractivity contribution is 0.0706. The minimum absolute atomic E-state index is 0.0947. The monoisotopic (exact) mass is 401 g/mol. The van der Waals surface area contributed by atoms with Crippen LogP contribution < -0.4 is 10.2 Å². The Labute approximate surface area is 174 Å². The van der Waals surface area contributed by atoms with Crippen LogP contribution >= 0.6 is 0 Å². The van der Waals surface area contributed by atoms with E-state index in [1.807, 2.05) is 36.4 Å². The van der Waals surface area contributed by atoms with Crippen molar-refractivity contribution in [2.45, 2.75) is 26.2 Å². The lowest BCUT2D eigenvalue weighted by Gasteiger charge is -2.19. The number of H-pyrrole nitrogens is 1. The first-order valence-corrected chi connectivity index (χ1v) is 9.66. The standard InChI is InChI=1S/C24H23N3O3/c1-24(2,3)17-8-10-18(11-9-17)30-19-6-4-5-15(13-19)22-25-20-12-7-16(23(28)27-29)14-21(20)26-22/h4-14,29H,1-3H3,(H,25,26)(H,27,28). The Morgan fingerprint density at radius 3 is 2.47 bits per heavy atom. The summed E-state index contributed by atoms with van der Waals surface area (Å²) in [7, 11) is 0. The van der Waals surface area contributed by atoms with Crippen molar-refractivity contribution >= 4 is 16.9 Å². The summed E-state index contributed by atoms with van der Waals surface area (Å²) in [5.74, 6) is 1.57. The van der Waals surface area contributed by atoms with Gasteiger partial charge in [0, 0.05) is 11.1 Å². The van der Waals surface area contributed by atoms with Gasteiger partial charge >= 0.3 is 0 Å². The van der Waals surface area contributed by atoms with Crippen LogP contribution in [0.2, 0.25) is 0 Å². The molecule has 0 bridgehead atoms. The number of hydroxylamine groups is 1. The van der Waals surface area contributed by atoms with Crippen LogP contribution in [0, 0.1) is 0 Å². The summed E-state index contributed by atoms with van der Waals surface area (Å²) in [6, 6.07) is 20.8. The van der Waals surface area contributed by atoms with E-state index >= 15 is 0 Å². The number of nitrogens with zero attached hydrogens (tertiary/aromatic N) is 1. The highest BCUT2D eigenvalue weighted by molar-refractivity contribution is 5.97. The van der Waals surface area contributed by atoms with E-state index in [0.29, 0.717) is 22.7 Å². The van der Waals surface area contributed by atoms with Crippen LogP contribution in [-0.2, 0) is 5.41 Å². The van der Waals surface area contributed by atoms with Crippen molar-refractivity contribution in [3.63, 3.8) is 0 Å². The van der Waals surface area contributed by atoms with Crippen molar-refractivity contribution in [2.24, 2.45) is 0 Å². The zero-order chi connectivity index (χ0) is 21.3. The van der Waals surface area contributed by atoms with E-state index in [4.69, 9.17) is 9.94 Å². The molecule has 0 unspecified atom stereocenters. The van der Waals surface area contributed by atoms with Crippen molar-refractivity contribution in [1.82, 2.24) is 15.4 Å². The number of aromatic amines is 1. The summed E-state index contributed by atoms with van der Waals surface area (Å²) in [6.07, 6.45) is 0. The van der Waals surface area contributed by atoms with Crippen molar-refractivity contribution in [3.8, 4) is 22.9 Å². The first-order chi connectivity index (χ1) is 14.3. The molecule has 6 nitrogen and oxygen atoms in total. The lowest BCUT2D eigenvalue weighted by Crippen LogP contribution is -2.18. The van der Waals surface area contributed by atoms with Crippen LogP contribution in [0.25, 0.3) is 22.4 Å². The topological polar surface area (TPSA) is 87.2 Å². The van der Waals surface area contributed by atoms with Crippen molar-refractivity contribution in [2.75, 3.05) is 0 Å². The summed E-state index contributed by atoms with van der Waals surface area (Å²) < 4.78 is 6.03. The Bertz CT molecular complexity index is 1200. The van der Waals surface area contributed by atoms with Gasteiger partial charge in [-0.25, -0.2) is 10.5 Å². The maximum atomic E-state index is 11.6. The second-order valence-electron chi connectivity index (χ2n) is 8.16. The van der Waals surface area contributed by atoms with Crippen LogP contribution in [0.4, 0.5) is 0 Å². The Morgan fingerprint density at radius 1 is 1.00 bits per heavy atom. The molecule has 0 aliphatic carbocycles. The summed E-state index contributed by atoms with van der Waals surface area (Å²) in [5, 5.41) is 8.81. The molecule has 4 aromatic rings. The van der Waals surface area contributed by atoms with Crippen LogP contribution in [0.15, 0.2) is 66.7 Å². The van der Waals surface area contributed by atoms with Gasteiger partial charge in [-0.2, -0.15) is 0 Å². The first-order valence-electron chi connectivity index (χ1n) is 9.66. The van der Waals surface area contributed by atoms with Gasteiger partial charge in [-0.15, -0.1) is 0 Å². The molecule has 3 aromatic carbocycles. The van der Waals surface area contributed by atoms with E-state index in [1.165, 1.54) is 5.56 Å². The zero-order valence-electron chi connectivity index (χ0n) is 17.1. The average Bonchev–Trinajstić information content (AvgIpc) is 3.16. The fraction of sp³-hybridized carbons (Fsp3) is 0.167. The molecule has 4 rings (SSSR count). The molecule has 0 radical (unpaired) electrons. The van der Waals surface area contributed by atoms with E-state index in [9.17, 15) is 4.79 Å². The number of rotatable bonds is 4. The van der Waals surface area contributed by atoms with Crippen LogP contribution in [0.3, 0.4) is 0 Å². The molecule has 1 aromatic heterocycles. The maximum absolute atomic E-state index is 11.6. The number of carbonyl (C=O) groups excluding carboxylic acids is 1. The Kier molecular flexibility index (Phi) is 5.01. The highest BCUT2D eigenvalue weighted by Gasteiger charge is 2.13. The Hall–Kier alpha value is -3.64. The average molecular weight is 401 g/mol. The molecule has 0 fully saturated rings. The molecule has 0 saturated heterocycles. The number of hydrogen-bond acceptors (Lipinski definition) is 4. The summed E-state index contributed by atoms with van der Waals surface area (Å²) in [4.78, 5) is 19.4. The molecule has 30 heavy (non-hydrogen) atoms. The van der Waals surface area contributed by atoms with Gasteiger partial charge in [0.05, 0.1) is 11.0 Å². The third-order valence-corrected chi connectivity index (χ3v) is 4.91. The number of amides is 1. The van der Waals surface area contributed by atoms with Crippen molar-refractivity contribution < 1.29 is 14.7 Å². The number of ether oxygens (including phenoxy) is 1. The number of carbonyl (C=O) groups is 1. The minimum Gasteiger partial charge on any atom is -0.457 e. The molecule has 0 aliphatic heterocycles. The van der Waals surface area contributed by atoms with Crippen molar-refractivity contribution in [1.29, 1.82) is 0 Å². The number of aromatic nitrogens is 2. The smallest absolute Gasteiger partial charge is 0.274 e. The summed E-state index contributed by atoms with van der Waals surface area (Å²) in [6.45, 7) is 6.54. The number of nitrogens with one attached hydrogen (secondary N) is 2. The molecule has 6 heteroatoms. The van der Waals surface area contributed by atoms with E-state index in [1.54, 1.807) is 23.7 Å². The molecule has 0 spiro atoms.